The van der Waals surface area contributed by atoms with Crippen LogP contribution in [0.2, 0.25) is 5.02 Å². The van der Waals surface area contributed by atoms with Crippen molar-refractivity contribution in [3.8, 4) is 0 Å². The first-order valence-electron chi connectivity index (χ1n) is 4.88. The second-order valence-corrected chi connectivity index (χ2v) is 7.85. The zero-order chi connectivity index (χ0) is 12.6. The third kappa shape index (κ3) is 2.93. The lowest BCUT2D eigenvalue weighted by atomic mass is 10.0. The maximum Gasteiger partial charge on any atom is 0.106 e. The van der Waals surface area contributed by atoms with Crippen LogP contribution in [0.15, 0.2) is 31.8 Å². The van der Waals surface area contributed by atoms with Crippen LogP contribution < -0.4 is 0 Å². The molecule has 0 fully saturated rings. The molecule has 1 nitrogen and oxygen atoms in total. The van der Waals surface area contributed by atoms with E-state index in [-0.39, 0.29) is 0 Å². The number of hydrogen-bond acceptors (Lipinski definition) is 2. The zero-order valence-corrected chi connectivity index (χ0v) is 13.6. The van der Waals surface area contributed by atoms with E-state index in [4.69, 9.17) is 11.6 Å². The van der Waals surface area contributed by atoms with E-state index in [0.717, 1.165) is 24.3 Å². The zero-order valence-electron chi connectivity index (χ0n) is 8.88. The first-order valence-corrected chi connectivity index (χ1v) is 7.66. The molecule has 0 amide bonds. The molecule has 1 aromatic heterocycles. The van der Waals surface area contributed by atoms with Crippen LogP contribution in [0.25, 0.3) is 0 Å². The first-order chi connectivity index (χ1) is 7.99. The highest BCUT2D eigenvalue weighted by atomic mass is 79.9. The standard InChI is InChI=1S/C12H9Br2ClOS/c1-6-4-7(2-3-9(6)15)11(16)8-5-10(13)17-12(8)14/h2-5,11,16H,1H3. The molecule has 0 aliphatic heterocycles. The number of benzene rings is 1. The molecular weight excluding hydrogens is 387 g/mol. The van der Waals surface area contributed by atoms with Gasteiger partial charge in [0.05, 0.1) is 7.57 Å². The highest BCUT2D eigenvalue weighted by Gasteiger charge is 2.17. The monoisotopic (exact) mass is 394 g/mol. The van der Waals surface area contributed by atoms with E-state index in [2.05, 4.69) is 31.9 Å². The SMILES string of the molecule is Cc1cc(C(O)c2cc(Br)sc2Br)ccc1Cl. The van der Waals surface area contributed by atoms with Gasteiger partial charge < -0.3 is 5.11 Å². The molecule has 0 radical (unpaired) electrons. The summed E-state index contributed by atoms with van der Waals surface area (Å²) in [6, 6.07) is 7.48. The Morgan fingerprint density at radius 1 is 1.29 bits per heavy atom. The molecule has 1 atom stereocenters. The fraction of sp³-hybridized carbons (Fsp3) is 0.167. The van der Waals surface area contributed by atoms with Crippen molar-refractivity contribution in [3.63, 3.8) is 0 Å². The summed E-state index contributed by atoms with van der Waals surface area (Å²) in [7, 11) is 0. The number of hydrogen-bond donors (Lipinski definition) is 1. The smallest absolute Gasteiger partial charge is 0.106 e. The van der Waals surface area contributed by atoms with E-state index < -0.39 is 6.10 Å². The molecular formula is C12H9Br2ClOS. The van der Waals surface area contributed by atoms with Gasteiger partial charge in [-0.05, 0) is 62.0 Å². The van der Waals surface area contributed by atoms with Crippen LogP contribution >= 0.6 is 54.8 Å². The Morgan fingerprint density at radius 2 is 2.00 bits per heavy atom. The average Bonchev–Trinajstić information content (AvgIpc) is 2.61. The van der Waals surface area contributed by atoms with E-state index >= 15 is 0 Å². The van der Waals surface area contributed by atoms with E-state index in [0.29, 0.717) is 5.02 Å². The minimum Gasteiger partial charge on any atom is -0.384 e. The van der Waals surface area contributed by atoms with Gasteiger partial charge in [0.25, 0.3) is 0 Å². The second kappa shape index (κ2) is 5.41. The molecule has 1 N–H and O–H groups in total. The number of rotatable bonds is 2. The summed E-state index contributed by atoms with van der Waals surface area (Å²) < 4.78 is 1.92. The molecule has 0 aliphatic carbocycles. The van der Waals surface area contributed by atoms with Crippen LogP contribution in [-0.2, 0) is 0 Å². The minimum atomic E-state index is -0.636. The predicted molar refractivity (Wildman–Crippen MR) is 80.0 cm³/mol. The van der Waals surface area contributed by atoms with Crippen molar-refractivity contribution in [1.29, 1.82) is 0 Å². The third-order valence-corrected chi connectivity index (χ3v) is 5.29. The normalized spacial score (nSPS) is 12.8. The maximum atomic E-state index is 10.3. The lowest BCUT2D eigenvalue weighted by Gasteiger charge is -2.11. The van der Waals surface area contributed by atoms with Gasteiger partial charge in [0.1, 0.15) is 6.10 Å². The van der Waals surface area contributed by atoms with Crippen LogP contribution in [0.3, 0.4) is 0 Å². The Kier molecular flexibility index (Phi) is 4.31. The molecule has 1 aromatic carbocycles. The molecule has 17 heavy (non-hydrogen) atoms. The molecule has 1 heterocycles. The van der Waals surface area contributed by atoms with E-state index in [1.54, 1.807) is 11.3 Å². The molecule has 0 spiro atoms. The van der Waals surface area contributed by atoms with Crippen molar-refractivity contribution in [3.05, 3.63) is 53.6 Å². The molecule has 0 saturated heterocycles. The van der Waals surface area contributed by atoms with Crippen LogP contribution in [0.1, 0.15) is 22.8 Å². The van der Waals surface area contributed by atoms with Crippen molar-refractivity contribution < 1.29 is 5.11 Å². The van der Waals surface area contributed by atoms with Crippen molar-refractivity contribution >= 4 is 54.8 Å². The lowest BCUT2D eigenvalue weighted by Crippen LogP contribution is -1.99. The predicted octanol–water partition coefficient (Wildman–Crippen LogP) is 5.32. The van der Waals surface area contributed by atoms with Crippen molar-refractivity contribution in [2.24, 2.45) is 0 Å². The van der Waals surface area contributed by atoms with Gasteiger partial charge in [-0.3, -0.25) is 0 Å². The number of aliphatic hydroxyl groups excluding tert-OH is 1. The average molecular weight is 397 g/mol. The first kappa shape index (κ1) is 13.6. The summed E-state index contributed by atoms with van der Waals surface area (Å²) in [6.45, 7) is 1.93. The van der Waals surface area contributed by atoms with E-state index in [1.807, 2.05) is 31.2 Å². The quantitative estimate of drug-likeness (QED) is 0.729. The number of aliphatic hydroxyl groups is 1. The Morgan fingerprint density at radius 3 is 2.53 bits per heavy atom. The summed E-state index contributed by atoms with van der Waals surface area (Å²) >= 11 is 14.4. The minimum absolute atomic E-state index is 0.636. The molecule has 90 valence electrons. The summed E-state index contributed by atoms with van der Waals surface area (Å²) in [5, 5.41) is 11.0. The third-order valence-electron chi connectivity index (χ3n) is 2.48. The van der Waals surface area contributed by atoms with Crippen molar-refractivity contribution in [2.75, 3.05) is 0 Å². The summed E-state index contributed by atoms with van der Waals surface area (Å²) in [5.41, 5.74) is 2.68. The van der Waals surface area contributed by atoms with E-state index in [1.165, 1.54) is 0 Å². The topological polar surface area (TPSA) is 20.2 Å². The van der Waals surface area contributed by atoms with Crippen LogP contribution in [0.5, 0.6) is 0 Å². The Labute approximate surface area is 126 Å². The van der Waals surface area contributed by atoms with Gasteiger partial charge in [-0.2, -0.15) is 0 Å². The molecule has 0 bridgehead atoms. The van der Waals surface area contributed by atoms with Gasteiger partial charge in [0, 0.05) is 10.6 Å². The van der Waals surface area contributed by atoms with Crippen molar-refractivity contribution in [1.82, 2.24) is 0 Å². The molecule has 0 aliphatic rings. The van der Waals surface area contributed by atoms with Crippen LogP contribution in [0.4, 0.5) is 0 Å². The Hall–Kier alpha value is 0.130. The molecule has 2 rings (SSSR count). The highest BCUT2D eigenvalue weighted by Crippen LogP contribution is 2.38. The number of thiophene rings is 1. The van der Waals surface area contributed by atoms with Gasteiger partial charge in [0.2, 0.25) is 0 Å². The van der Waals surface area contributed by atoms with Gasteiger partial charge >= 0.3 is 0 Å². The summed E-state index contributed by atoms with van der Waals surface area (Å²) in [4.78, 5) is 0. The summed E-state index contributed by atoms with van der Waals surface area (Å²) in [6.07, 6.45) is -0.636. The van der Waals surface area contributed by atoms with Crippen molar-refractivity contribution in [2.45, 2.75) is 13.0 Å². The van der Waals surface area contributed by atoms with E-state index in [9.17, 15) is 5.11 Å². The molecule has 2 aromatic rings. The number of halogens is 3. The van der Waals surface area contributed by atoms with Gasteiger partial charge in [-0.25, -0.2) is 0 Å². The van der Waals surface area contributed by atoms with Gasteiger partial charge in [-0.15, -0.1) is 11.3 Å². The molecule has 1 unspecified atom stereocenters. The van der Waals surface area contributed by atoms with Crippen LogP contribution in [-0.4, -0.2) is 5.11 Å². The Balaban J connectivity index is 2.40. The van der Waals surface area contributed by atoms with Crippen LogP contribution in [0, 0.1) is 6.92 Å². The summed E-state index contributed by atoms with van der Waals surface area (Å²) in [5.74, 6) is 0. The van der Waals surface area contributed by atoms with Gasteiger partial charge in [-0.1, -0.05) is 23.7 Å². The number of aryl methyl sites for hydroxylation is 1. The maximum absolute atomic E-state index is 10.3. The molecule has 0 saturated carbocycles. The van der Waals surface area contributed by atoms with Gasteiger partial charge in [0.15, 0.2) is 0 Å². The fourth-order valence-electron chi connectivity index (χ4n) is 1.56. The Bertz CT molecular complexity index is 553. The second-order valence-electron chi connectivity index (χ2n) is 3.69. The largest absolute Gasteiger partial charge is 0.384 e. The molecule has 5 heteroatoms. The lowest BCUT2D eigenvalue weighted by molar-refractivity contribution is 0.220. The highest BCUT2D eigenvalue weighted by molar-refractivity contribution is 9.12. The fourth-order valence-corrected chi connectivity index (χ4v) is 4.56.